The van der Waals surface area contributed by atoms with E-state index in [9.17, 15) is 9.59 Å². The Morgan fingerprint density at radius 2 is 2.14 bits per heavy atom. The first-order valence-corrected chi connectivity index (χ1v) is 6.78. The lowest BCUT2D eigenvalue weighted by Gasteiger charge is -2.06. The number of hydrogen-bond donors (Lipinski definition) is 2. The second-order valence-corrected chi connectivity index (χ2v) is 4.61. The van der Waals surface area contributed by atoms with Gasteiger partial charge in [-0.25, -0.2) is 0 Å². The number of fused-ring (bicyclic) bond motifs is 1. The second-order valence-electron chi connectivity index (χ2n) is 4.61. The normalized spacial score (nSPS) is 10.7. The quantitative estimate of drug-likeness (QED) is 0.765. The van der Waals surface area contributed by atoms with Crippen LogP contribution in [0, 0.1) is 0 Å². The van der Waals surface area contributed by atoms with Crippen LogP contribution in [0.4, 0.5) is 5.69 Å². The lowest BCUT2D eigenvalue weighted by atomic mass is 10.2. The summed E-state index contributed by atoms with van der Waals surface area (Å²) < 4.78 is 6.78. The molecule has 112 valence electrons. The number of nitrogens with zero attached hydrogens (tertiary/aromatic N) is 1. The smallest absolute Gasteiger partial charge is 0.323 e. The van der Waals surface area contributed by atoms with Crippen molar-refractivity contribution in [3.05, 3.63) is 30.5 Å². The Labute approximate surface area is 122 Å². The molecule has 1 amide bonds. The van der Waals surface area contributed by atoms with Gasteiger partial charge in [0, 0.05) is 29.4 Å². The number of carboxylic acid groups (broad SMARTS) is 1. The minimum Gasteiger partial charge on any atom is -0.480 e. The molecular formula is C15H18N2O4. The fourth-order valence-electron chi connectivity index (χ4n) is 2.09. The summed E-state index contributed by atoms with van der Waals surface area (Å²) in [4.78, 5) is 22.5. The fraction of sp³-hybridized carbons (Fsp3) is 0.333. The van der Waals surface area contributed by atoms with Gasteiger partial charge in [-0.3, -0.25) is 9.59 Å². The van der Waals surface area contributed by atoms with E-state index in [4.69, 9.17) is 9.84 Å². The molecule has 21 heavy (non-hydrogen) atoms. The van der Waals surface area contributed by atoms with Gasteiger partial charge in [0.15, 0.2) is 0 Å². The van der Waals surface area contributed by atoms with Gasteiger partial charge in [-0.05, 0) is 31.2 Å². The molecule has 0 saturated carbocycles. The molecule has 0 aliphatic rings. The molecule has 0 atom stereocenters. The Kier molecular flexibility index (Phi) is 4.94. The highest BCUT2D eigenvalue weighted by Crippen LogP contribution is 2.20. The number of carbonyl (C=O) groups excluding carboxylic acids is 1. The van der Waals surface area contributed by atoms with Crippen LogP contribution in [-0.4, -0.2) is 34.8 Å². The highest BCUT2D eigenvalue weighted by molar-refractivity contribution is 5.94. The number of rotatable bonds is 7. The van der Waals surface area contributed by atoms with E-state index in [2.05, 4.69) is 5.32 Å². The summed E-state index contributed by atoms with van der Waals surface area (Å²) in [6, 6.07) is 7.22. The zero-order chi connectivity index (χ0) is 15.2. The summed E-state index contributed by atoms with van der Waals surface area (Å²) in [5.41, 5.74) is 1.52. The van der Waals surface area contributed by atoms with Gasteiger partial charge in [0.2, 0.25) is 5.91 Å². The number of hydrogen-bond acceptors (Lipinski definition) is 3. The number of carbonyl (C=O) groups is 2. The minimum atomic E-state index is -0.888. The third kappa shape index (κ3) is 4.06. The molecule has 1 aromatic carbocycles. The van der Waals surface area contributed by atoms with Gasteiger partial charge in [-0.15, -0.1) is 0 Å². The van der Waals surface area contributed by atoms with Crippen LogP contribution in [0.25, 0.3) is 10.9 Å². The van der Waals surface area contributed by atoms with E-state index in [1.807, 2.05) is 19.1 Å². The predicted molar refractivity (Wildman–Crippen MR) is 79.3 cm³/mol. The third-order valence-electron chi connectivity index (χ3n) is 3.04. The highest BCUT2D eigenvalue weighted by Gasteiger charge is 2.07. The lowest BCUT2D eigenvalue weighted by Crippen LogP contribution is -2.14. The number of ether oxygens (including phenoxy) is 1. The van der Waals surface area contributed by atoms with Gasteiger partial charge in [0.05, 0.1) is 13.0 Å². The molecule has 0 aliphatic carbocycles. The molecule has 0 fully saturated rings. The van der Waals surface area contributed by atoms with Crippen LogP contribution in [0.3, 0.4) is 0 Å². The van der Waals surface area contributed by atoms with Crippen molar-refractivity contribution in [3.63, 3.8) is 0 Å². The van der Waals surface area contributed by atoms with Crippen molar-refractivity contribution in [1.29, 1.82) is 0 Å². The van der Waals surface area contributed by atoms with E-state index < -0.39 is 5.97 Å². The number of nitrogens with one attached hydrogen (secondary N) is 1. The van der Waals surface area contributed by atoms with E-state index >= 15 is 0 Å². The van der Waals surface area contributed by atoms with Crippen LogP contribution in [-0.2, 0) is 20.9 Å². The third-order valence-corrected chi connectivity index (χ3v) is 3.04. The van der Waals surface area contributed by atoms with Crippen molar-refractivity contribution in [1.82, 2.24) is 4.57 Å². The maximum atomic E-state index is 11.7. The summed E-state index contributed by atoms with van der Waals surface area (Å²) in [6.07, 6.45) is 2.03. The SMILES string of the molecule is CCOCCC(=O)Nc1ccc2c(ccn2CC(=O)O)c1. The molecule has 0 radical (unpaired) electrons. The minimum absolute atomic E-state index is 0.0798. The molecule has 0 unspecified atom stereocenters. The fourth-order valence-corrected chi connectivity index (χ4v) is 2.09. The van der Waals surface area contributed by atoms with Crippen molar-refractivity contribution in [2.75, 3.05) is 18.5 Å². The molecule has 2 rings (SSSR count). The van der Waals surface area contributed by atoms with Gasteiger partial charge >= 0.3 is 5.97 Å². The van der Waals surface area contributed by atoms with Crippen LogP contribution in [0.15, 0.2) is 30.5 Å². The van der Waals surface area contributed by atoms with Crippen molar-refractivity contribution in [3.8, 4) is 0 Å². The second kappa shape index (κ2) is 6.90. The van der Waals surface area contributed by atoms with E-state index in [0.717, 1.165) is 10.9 Å². The Bertz CT molecular complexity index is 648. The average molecular weight is 290 g/mol. The number of carboxylic acids is 1. The Morgan fingerprint density at radius 3 is 2.86 bits per heavy atom. The number of aliphatic carboxylic acids is 1. The molecule has 0 saturated heterocycles. The Hall–Kier alpha value is -2.34. The van der Waals surface area contributed by atoms with E-state index in [1.165, 1.54) is 0 Å². The van der Waals surface area contributed by atoms with Crippen molar-refractivity contribution >= 4 is 28.5 Å². The first-order valence-electron chi connectivity index (χ1n) is 6.78. The summed E-state index contributed by atoms with van der Waals surface area (Å²) >= 11 is 0. The predicted octanol–water partition coefficient (Wildman–Crippen LogP) is 2.09. The van der Waals surface area contributed by atoms with Crippen molar-refractivity contribution in [2.24, 2.45) is 0 Å². The van der Waals surface area contributed by atoms with E-state index in [0.29, 0.717) is 25.3 Å². The standard InChI is InChI=1S/C15H18N2O4/c1-2-21-8-6-14(18)16-12-3-4-13-11(9-12)5-7-17(13)10-15(19)20/h3-5,7,9H,2,6,8,10H2,1H3,(H,16,18)(H,19,20). The van der Waals surface area contributed by atoms with Crippen LogP contribution in [0.1, 0.15) is 13.3 Å². The molecule has 6 nitrogen and oxygen atoms in total. The van der Waals surface area contributed by atoms with E-state index in [1.54, 1.807) is 22.9 Å². The maximum absolute atomic E-state index is 11.7. The van der Waals surface area contributed by atoms with Crippen LogP contribution in [0.5, 0.6) is 0 Å². The Morgan fingerprint density at radius 1 is 1.33 bits per heavy atom. The summed E-state index contributed by atoms with van der Waals surface area (Å²) in [7, 11) is 0. The van der Waals surface area contributed by atoms with Gasteiger partial charge < -0.3 is 19.7 Å². The topological polar surface area (TPSA) is 80.6 Å². The molecule has 2 aromatic rings. The van der Waals surface area contributed by atoms with Gasteiger partial charge in [0.1, 0.15) is 6.54 Å². The van der Waals surface area contributed by atoms with Crippen molar-refractivity contribution < 1.29 is 19.4 Å². The van der Waals surface area contributed by atoms with Gasteiger partial charge in [-0.2, -0.15) is 0 Å². The largest absolute Gasteiger partial charge is 0.480 e. The molecule has 1 aromatic heterocycles. The number of anilines is 1. The molecule has 0 aliphatic heterocycles. The number of aromatic nitrogens is 1. The van der Waals surface area contributed by atoms with Crippen LogP contribution >= 0.6 is 0 Å². The monoisotopic (exact) mass is 290 g/mol. The maximum Gasteiger partial charge on any atom is 0.323 e. The highest BCUT2D eigenvalue weighted by atomic mass is 16.5. The zero-order valence-corrected chi connectivity index (χ0v) is 11.8. The average Bonchev–Trinajstić information content (AvgIpc) is 2.81. The summed E-state index contributed by atoms with van der Waals surface area (Å²) in [6.45, 7) is 2.80. The Balaban J connectivity index is 2.06. The van der Waals surface area contributed by atoms with Gasteiger partial charge in [0.25, 0.3) is 0 Å². The lowest BCUT2D eigenvalue weighted by molar-refractivity contribution is -0.137. The first kappa shape index (κ1) is 15.1. The summed E-state index contributed by atoms with van der Waals surface area (Å²) in [5, 5.41) is 12.5. The molecule has 1 heterocycles. The number of amides is 1. The summed E-state index contributed by atoms with van der Waals surface area (Å²) in [5.74, 6) is -0.992. The molecule has 0 spiro atoms. The molecule has 6 heteroatoms. The van der Waals surface area contributed by atoms with Crippen molar-refractivity contribution in [2.45, 2.75) is 19.9 Å². The van der Waals surface area contributed by atoms with E-state index in [-0.39, 0.29) is 12.5 Å². The van der Waals surface area contributed by atoms with Crippen LogP contribution in [0.2, 0.25) is 0 Å². The van der Waals surface area contributed by atoms with Gasteiger partial charge in [-0.1, -0.05) is 0 Å². The molecule has 0 bridgehead atoms. The van der Waals surface area contributed by atoms with Crippen LogP contribution < -0.4 is 5.32 Å². The zero-order valence-electron chi connectivity index (χ0n) is 11.8. The molecule has 2 N–H and O–H groups in total. The first-order chi connectivity index (χ1) is 10.1. The molecular weight excluding hydrogens is 272 g/mol. The number of benzene rings is 1.